The molecule has 25 heavy (non-hydrogen) atoms. The zero-order chi connectivity index (χ0) is 19.9. The summed E-state index contributed by atoms with van der Waals surface area (Å²) in [5.74, 6) is 1.02. The molecular formula is C15H38O5SSi4. The first kappa shape index (κ1) is 25.6. The van der Waals surface area contributed by atoms with Gasteiger partial charge in [-0.3, -0.25) is 4.79 Å². The van der Waals surface area contributed by atoms with Crippen molar-refractivity contribution in [1.29, 1.82) is 0 Å². The SMILES string of the molecule is C[Si](C)(C)O[Si](CCSCCCC(=O)O)(O[Si](C)(C)C)O[Si](C)(C)C. The number of aliphatic carboxylic acids is 1. The Morgan fingerprint density at radius 3 is 1.52 bits per heavy atom. The predicted octanol–water partition coefficient (Wildman–Crippen LogP) is 5.08. The van der Waals surface area contributed by atoms with Crippen molar-refractivity contribution in [3.63, 3.8) is 0 Å². The summed E-state index contributed by atoms with van der Waals surface area (Å²) < 4.78 is 19.9. The van der Waals surface area contributed by atoms with E-state index >= 15 is 0 Å². The van der Waals surface area contributed by atoms with Crippen LogP contribution in [0.1, 0.15) is 12.8 Å². The fourth-order valence-electron chi connectivity index (χ4n) is 2.24. The first-order chi connectivity index (χ1) is 11.0. The lowest BCUT2D eigenvalue weighted by atomic mass is 10.3. The topological polar surface area (TPSA) is 65.0 Å². The molecule has 0 aromatic carbocycles. The molecule has 5 nitrogen and oxygen atoms in total. The van der Waals surface area contributed by atoms with Crippen LogP contribution in [0.15, 0.2) is 0 Å². The molecule has 0 unspecified atom stereocenters. The van der Waals surface area contributed by atoms with E-state index in [0.29, 0.717) is 6.42 Å². The fourth-order valence-corrected chi connectivity index (χ4v) is 18.4. The summed E-state index contributed by atoms with van der Waals surface area (Å²) in [5.41, 5.74) is 0. The van der Waals surface area contributed by atoms with Gasteiger partial charge in [0.05, 0.1) is 0 Å². The molecule has 0 fully saturated rings. The quantitative estimate of drug-likeness (QED) is 0.317. The Balaban J connectivity index is 5.08. The number of hydrogen-bond acceptors (Lipinski definition) is 5. The average molecular weight is 443 g/mol. The summed E-state index contributed by atoms with van der Waals surface area (Å²) >= 11 is 1.78. The molecule has 0 aliphatic rings. The van der Waals surface area contributed by atoms with Gasteiger partial charge in [-0.05, 0) is 76.8 Å². The Morgan fingerprint density at radius 1 is 0.800 bits per heavy atom. The molecule has 150 valence electrons. The third-order valence-corrected chi connectivity index (χ3v) is 16.0. The summed E-state index contributed by atoms with van der Waals surface area (Å²) in [6.07, 6.45) is 0.935. The minimum Gasteiger partial charge on any atom is -0.481 e. The van der Waals surface area contributed by atoms with Gasteiger partial charge in [0, 0.05) is 12.5 Å². The van der Waals surface area contributed by atoms with Crippen molar-refractivity contribution in [3.8, 4) is 0 Å². The van der Waals surface area contributed by atoms with Gasteiger partial charge in [0.2, 0.25) is 0 Å². The van der Waals surface area contributed by atoms with Gasteiger partial charge < -0.3 is 17.5 Å². The fraction of sp³-hybridized carbons (Fsp3) is 0.933. The summed E-state index contributed by atoms with van der Waals surface area (Å²) in [6, 6.07) is 0.809. The number of carbonyl (C=O) groups is 1. The van der Waals surface area contributed by atoms with E-state index in [1.807, 2.05) is 0 Å². The maximum Gasteiger partial charge on any atom is 0.470 e. The number of carboxylic acid groups (broad SMARTS) is 1. The smallest absolute Gasteiger partial charge is 0.470 e. The van der Waals surface area contributed by atoms with Crippen LogP contribution in [0.4, 0.5) is 0 Å². The van der Waals surface area contributed by atoms with E-state index in [-0.39, 0.29) is 6.42 Å². The summed E-state index contributed by atoms with van der Waals surface area (Å²) in [6.45, 7) is 19.7. The zero-order valence-electron chi connectivity index (χ0n) is 17.5. The second kappa shape index (κ2) is 10.2. The minimum absolute atomic E-state index is 0.234. The standard InChI is InChI=1S/C15H38O5SSi4/c1-22(2,3)18-25(19-23(4,5)6,20-24(7,8)9)14-13-21-12-10-11-15(16)17/h10-14H2,1-9H3,(H,16,17). The van der Waals surface area contributed by atoms with Gasteiger partial charge in [-0.1, -0.05) is 0 Å². The molecule has 0 aliphatic carbocycles. The lowest BCUT2D eigenvalue weighted by Gasteiger charge is -2.42. The molecule has 0 amide bonds. The van der Waals surface area contributed by atoms with Gasteiger partial charge >= 0.3 is 14.8 Å². The lowest BCUT2D eigenvalue weighted by Crippen LogP contribution is -2.60. The molecule has 0 aliphatic heterocycles. The molecule has 0 saturated heterocycles. The molecule has 0 saturated carbocycles. The Hall–Kier alpha value is 0.568. The van der Waals surface area contributed by atoms with Crippen LogP contribution in [-0.4, -0.2) is 56.3 Å². The van der Waals surface area contributed by atoms with Gasteiger partial charge in [0.1, 0.15) is 0 Å². The van der Waals surface area contributed by atoms with E-state index in [1.165, 1.54) is 0 Å². The van der Waals surface area contributed by atoms with Crippen molar-refractivity contribution in [2.45, 2.75) is 77.8 Å². The van der Waals surface area contributed by atoms with Crippen LogP contribution in [0.5, 0.6) is 0 Å². The first-order valence-electron chi connectivity index (χ1n) is 8.94. The van der Waals surface area contributed by atoms with Crippen molar-refractivity contribution in [1.82, 2.24) is 0 Å². The monoisotopic (exact) mass is 442 g/mol. The maximum atomic E-state index is 10.6. The molecule has 0 aromatic rings. The third kappa shape index (κ3) is 15.3. The summed E-state index contributed by atoms with van der Waals surface area (Å²) in [4.78, 5) is 10.6. The van der Waals surface area contributed by atoms with E-state index in [9.17, 15) is 4.79 Å². The van der Waals surface area contributed by atoms with E-state index < -0.39 is 39.7 Å². The summed E-state index contributed by atoms with van der Waals surface area (Å²) in [7, 11) is -8.18. The van der Waals surface area contributed by atoms with Crippen LogP contribution in [-0.2, 0) is 17.1 Å². The largest absolute Gasteiger partial charge is 0.481 e. The van der Waals surface area contributed by atoms with Gasteiger partial charge in [-0.25, -0.2) is 0 Å². The van der Waals surface area contributed by atoms with Crippen molar-refractivity contribution < 1.29 is 22.2 Å². The Morgan fingerprint density at radius 2 is 1.20 bits per heavy atom. The van der Waals surface area contributed by atoms with Crippen molar-refractivity contribution >= 4 is 51.5 Å². The average Bonchev–Trinajstić information content (AvgIpc) is 2.25. The molecule has 0 atom stereocenters. The van der Waals surface area contributed by atoms with E-state index in [0.717, 1.165) is 17.5 Å². The Bertz CT molecular complexity index is 375. The van der Waals surface area contributed by atoms with Crippen molar-refractivity contribution in [2.24, 2.45) is 0 Å². The van der Waals surface area contributed by atoms with Crippen LogP contribution < -0.4 is 0 Å². The van der Waals surface area contributed by atoms with Crippen molar-refractivity contribution in [2.75, 3.05) is 11.5 Å². The molecule has 0 bridgehead atoms. The number of rotatable bonds is 13. The van der Waals surface area contributed by atoms with E-state index in [4.69, 9.17) is 17.5 Å². The van der Waals surface area contributed by atoms with Crippen LogP contribution in [0.3, 0.4) is 0 Å². The highest BCUT2D eigenvalue weighted by Gasteiger charge is 2.49. The highest BCUT2D eigenvalue weighted by atomic mass is 32.2. The molecular weight excluding hydrogens is 405 g/mol. The van der Waals surface area contributed by atoms with E-state index in [2.05, 4.69) is 58.9 Å². The predicted molar refractivity (Wildman–Crippen MR) is 118 cm³/mol. The molecule has 0 heterocycles. The number of carboxylic acids is 1. The minimum atomic E-state index is -2.74. The first-order valence-corrected chi connectivity index (χ1v) is 22.2. The zero-order valence-corrected chi connectivity index (χ0v) is 22.3. The molecule has 0 rings (SSSR count). The molecule has 0 radical (unpaired) electrons. The van der Waals surface area contributed by atoms with Crippen LogP contribution >= 0.6 is 11.8 Å². The van der Waals surface area contributed by atoms with Crippen LogP contribution in [0.25, 0.3) is 0 Å². The molecule has 0 aromatic heterocycles. The lowest BCUT2D eigenvalue weighted by molar-refractivity contribution is -0.137. The second-order valence-electron chi connectivity index (χ2n) is 9.19. The van der Waals surface area contributed by atoms with Crippen LogP contribution in [0, 0.1) is 0 Å². The molecule has 10 heteroatoms. The normalized spacial score (nSPS) is 14.0. The number of thioether (sulfide) groups is 1. The molecule has 1 N–H and O–H groups in total. The van der Waals surface area contributed by atoms with Gasteiger partial charge in [-0.2, -0.15) is 11.8 Å². The Kier molecular flexibility index (Phi) is 10.4. The second-order valence-corrected chi connectivity index (χ2v) is 27.4. The Labute approximate surface area is 163 Å². The maximum absolute atomic E-state index is 10.6. The van der Waals surface area contributed by atoms with Crippen LogP contribution in [0.2, 0.25) is 65.0 Å². The third-order valence-electron chi connectivity index (χ3n) is 2.62. The number of hydrogen-bond donors (Lipinski definition) is 1. The van der Waals surface area contributed by atoms with Gasteiger partial charge in [0.25, 0.3) is 0 Å². The van der Waals surface area contributed by atoms with Gasteiger partial charge in [0.15, 0.2) is 25.0 Å². The summed E-state index contributed by atoms with van der Waals surface area (Å²) in [5, 5.41) is 8.73. The highest BCUT2D eigenvalue weighted by molar-refractivity contribution is 7.99. The van der Waals surface area contributed by atoms with Crippen molar-refractivity contribution in [3.05, 3.63) is 0 Å². The highest BCUT2D eigenvalue weighted by Crippen LogP contribution is 2.30. The van der Waals surface area contributed by atoms with E-state index in [1.54, 1.807) is 11.8 Å². The van der Waals surface area contributed by atoms with Gasteiger partial charge in [-0.15, -0.1) is 0 Å². The molecule has 0 spiro atoms.